The van der Waals surface area contributed by atoms with E-state index in [2.05, 4.69) is 44.8 Å². The summed E-state index contributed by atoms with van der Waals surface area (Å²) in [6.07, 6.45) is 3.62. The van der Waals surface area contributed by atoms with Gasteiger partial charge < -0.3 is 24.8 Å². The van der Waals surface area contributed by atoms with Gasteiger partial charge in [-0.3, -0.25) is 4.90 Å². The number of hydrogen-bond donors (Lipinski definition) is 0. The maximum atomic E-state index is 11.4. The van der Waals surface area contributed by atoms with Crippen LogP contribution in [0.3, 0.4) is 0 Å². The summed E-state index contributed by atoms with van der Waals surface area (Å²) in [6, 6.07) is 7.28. The first-order chi connectivity index (χ1) is 13.9. The third kappa shape index (κ3) is 4.80. The molecule has 0 fully saturated rings. The number of anilines is 4. The predicted molar refractivity (Wildman–Crippen MR) is 115 cm³/mol. The van der Waals surface area contributed by atoms with Crippen LogP contribution in [-0.2, 0) is 0 Å². The van der Waals surface area contributed by atoms with Gasteiger partial charge in [-0.1, -0.05) is 0 Å². The number of pyridine rings is 2. The largest absolute Gasteiger partial charge is 0.366 e. The zero-order chi connectivity index (χ0) is 21.0. The van der Waals surface area contributed by atoms with Crippen LogP contribution < -0.4 is 9.80 Å². The van der Waals surface area contributed by atoms with Gasteiger partial charge in [-0.05, 0) is 82.2 Å². The summed E-state index contributed by atoms with van der Waals surface area (Å²) in [7, 11) is 8.17. The van der Waals surface area contributed by atoms with Crippen molar-refractivity contribution in [3.05, 3.63) is 40.6 Å². The summed E-state index contributed by atoms with van der Waals surface area (Å²) in [5, 5.41) is 11.4. The fraction of sp³-hybridized carbons (Fsp3) is 0.500. The van der Waals surface area contributed by atoms with Gasteiger partial charge in [0.1, 0.15) is 5.69 Å². The molecule has 1 aliphatic heterocycles. The first-order valence-corrected chi connectivity index (χ1v) is 9.83. The number of aromatic nitrogens is 2. The average molecular weight is 399 g/mol. The standard InChI is InChI=1S/C20H29N7O2/c1-23(2)12-6-14-25-16-8-5-11-21-19(16)26(15-7-13-24(3)4)20-17(25)9-10-18(22-20)27(28)29/h5,8-11H,6-7,12-15H2,1-4H3. The second-order valence-electron chi connectivity index (χ2n) is 7.73. The highest BCUT2D eigenvalue weighted by Gasteiger charge is 2.34. The van der Waals surface area contributed by atoms with E-state index in [-0.39, 0.29) is 5.82 Å². The second kappa shape index (κ2) is 9.15. The quantitative estimate of drug-likeness (QED) is 0.470. The van der Waals surface area contributed by atoms with Crippen molar-refractivity contribution in [3.63, 3.8) is 0 Å². The van der Waals surface area contributed by atoms with Crippen molar-refractivity contribution in [1.29, 1.82) is 0 Å². The molecule has 3 heterocycles. The smallest absolute Gasteiger partial charge is 0.358 e. The highest BCUT2D eigenvalue weighted by atomic mass is 16.6. The highest BCUT2D eigenvalue weighted by molar-refractivity contribution is 5.89. The Kier molecular flexibility index (Phi) is 6.60. The number of hydrogen-bond acceptors (Lipinski definition) is 8. The van der Waals surface area contributed by atoms with E-state index in [0.29, 0.717) is 12.4 Å². The molecule has 0 amide bonds. The van der Waals surface area contributed by atoms with Gasteiger partial charge in [0.2, 0.25) is 0 Å². The number of nitro groups is 1. The molecule has 0 bridgehead atoms. The van der Waals surface area contributed by atoms with Crippen LogP contribution in [0.15, 0.2) is 30.5 Å². The molecular weight excluding hydrogens is 370 g/mol. The van der Waals surface area contributed by atoms with Gasteiger partial charge >= 0.3 is 5.82 Å². The maximum Gasteiger partial charge on any atom is 0.366 e. The van der Waals surface area contributed by atoms with Gasteiger partial charge in [0.05, 0.1) is 5.69 Å². The summed E-state index contributed by atoms with van der Waals surface area (Å²) in [5.74, 6) is 1.26. The summed E-state index contributed by atoms with van der Waals surface area (Å²) < 4.78 is 0. The van der Waals surface area contributed by atoms with Crippen molar-refractivity contribution in [3.8, 4) is 0 Å². The van der Waals surface area contributed by atoms with Gasteiger partial charge in [0.25, 0.3) is 5.82 Å². The molecule has 0 radical (unpaired) electrons. The first kappa shape index (κ1) is 20.9. The Morgan fingerprint density at radius 3 is 2.17 bits per heavy atom. The molecule has 29 heavy (non-hydrogen) atoms. The van der Waals surface area contributed by atoms with E-state index in [4.69, 9.17) is 0 Å². The number of nitrogens with zero attached hydrogens (tertiary/aromatic N) is 7. The zero-order valence-corrected chi connectivity index (χ0v) is 17.6. The molecular formula is C20H29N7O2. The van der Waals surface area contributed by atoms with E-state index in [0.717, 1.165) is 49.7 Å². The minimum absolute atomic E-state index is 0.144. The molecule has 9 nitrogen and oxygen atoms in total. The van der Waals surface area contributed by atoms with Crippen LogP contribution in [0.25, 0.3) is 0 Å². The Morgan fingerprint density at radius 1 is 0.931 bits per heavy atom. The van der Waals surface area contributed by atoms with E-state index in [1.165, 1.54) is 6.07 Å². The van der Waals surface area contributed by atoms with E-state index >= 15 is 0 Å². The fourth-order valence-electron chi connectivity index (χ4n) is 3.52. The maximum absolute atomic E-state index is 11.4. The SMILES string of the molecule is CN(C)CCCN1c2cccnc2N(CCCN(C)C)c2nc([N+](=O)[O-])ccc21. The van der Waals surface area contributed by atoms with Crippen LogP contribution in [0.2, 0.25) is 0 Å². The summed E-state index contributed by atoms with van der Waals surface area (Å²) in [6.45, 7) is 3.34. The lowest BCUT2D eigenvalue weighted by molar-refractivity contribution is -0.389. The summed E-state index contributed by atoms with van der Waals surface area (Å²) >= 11 is 0. The third-order valence-corrected chi connectivity index (χ3v) is 4.86. The van der Waals surface area contributed by atoms with Crippen molar-refractivity contribution in [2.45, 2.75) is 12.8 Å². The lowest BCUT2D eigenvalue weighted by Gasteiger charge is -2.36. The topological polar surface area (TPSA) is 81.9 Å². The van der Waals surface area contributed by atoms with Crippen molar-refractivity contribution in [1.82, 2.24) is 19.8 Å². The van der Waals surface area contributed by atoms with Gasteiger partial charge in [0.15, 0.2) is 5.82 Å². The van der Waals surface area contributed by atoms with Crippen LogP contribution >= 0.6 is 0 Å². The summed E-state index contributed by atoms with van der Waals surface area (Å²) in [4.78, 5) is 28.4. The number of fused-ring (bicyclic) bond motifs is 2. The number of rotatable bonds is 9. The highest BCUT2D eigenvalue weighted by Crippen LogP contribution is 2.46. The molecule has 156 valence electrons. The molecule has 9 heteroatoms. The van der Waals surface area contributed by atoms with Gasteiger partial charge in [0, 0.05) is 25.4 Å². The summed E-state index contributed by atoms with van der Waals surface area (Å²) in [5.41, 5.74) is 1.90. The molecule has 0 saturated heterocycles. The molecule has 0 aliphatic carbocycles. The molecule has 0 atom stereocenters. The molecule has 0 unspecified atom stereocenters. The van der Waals surface area contributed by atoms with Crippen LogP contribution in [0, 0.1) is 10.1 Å². The molecule has 1 aliphatic rings. The Morgan fingerprint density at radius 2 is 1.55 bits per heavy atom. The second-order valence-corrected chi connectivity index (χ2v) is 7.73. The molecule has 3 rings (SSSR count). The Labute approximate surface area is 171 Å². The van der Waals surface area contributed by atoms with Crippen LogP contribution in [0.1, 0.15) is 12.8 Å². The van der Waals surface area contributed by atoms with Gasteiger partial charge in [-0.2, -0.15) is 0 Å². The molecule has 2 aromatic heterocycles. The van der Waals surface area contributed by atoms with Crippen LogP contribution in [0.4, 0.5) is 28.8 Å². The van der Waals surface area contributed by atoms with Gasteiger partial charge in [-0.15, -0.1) is 0 Å². The van der Waals surface area contributed by atoms with Crippen molar-refractivity contribution >= 4 is 28.8 Å². The van der Waals surface area contributed by atoms with E-state index in [1.54, 1.807) is 6.20 Å². The third-order valence-electron chi connectivity index (χ3n) is 4.86. The zero-order valence-electron chi connectivity index (χ0n) is 17.6. The average Bonchev–Trinajstić information content (AvgIpc) is 2.68. The van der Waals surface area contributed by atoms with Crippen LogP contribution in [-0.4, -0.2) is 79.1 Å². The molecule has 0 aromatic carbocycles. The Bertz CT molecular complexity index is 856. The normalized spacial score (nSPS) is 13.0. The monoisotopic (exact) mass is 399 g/mol. The molecule has 2 aromatic rings. The first-order valence-electron chi connectivity index (χ1n) is 9.83. The lowest BCUT2D eigenvalue weighted by atomic mass is 10.1. The van der Waals surface area contributed by atoms with E-state index in [1.807, 2.05) is 31.1 Å². The van der Waals surface area contributed by atoms with Gasteiger partial charge in [-0.25, -0.2) is 4.98 Å². The van der Waals surface area contributed by atoms with E-state index in [9.17, 15) is 10.1 Å². The van der Waals surface area contributed by atoms with Crippen molar-refractivity contribution in [2.24, 2.45) is 0 Å². The minimum Gasteiger partial charge on any atom is -0.358 e. The van der Waals surface area contributed by atoms with Crippen molar-refractivity contribution in [2.75, 3.05) is 64.2 Å². The van der Waals surface area contributed by atoms with E-state index < -0.39 is 4.92 Å². The molecule has 0 N–H and O–H groups in total. The molecule has 0 saturated carbocycles. The fourth-order valence-corrected chi connectivity index (χ4v) is 3.52. The predicted octanol–water partition coefficient (Wildman–Crippen LogP) is 2.88. The Hall–Kier alpha value is -2.78. The molecule has 0 spiro atoms. The Balaban J connectivity index is 2.01. The minimum atomic E-state index is -0.442. The lowest BCUT2D eigenvalue weighted by Crippen LogP contribution is -2.34. The van der Waals surface area contributed by atoms with Crippen molar-refractivity contribution < 1.29 is 4.92 Å². The van der Waals surface area contributed by atoms with Crippen LogP contribution in [0.5, 0.6) is 0 Å².